The topological polar surface area (TPSA) is 476 Å². The Kier molecular flexibility index (Phi) is 32.0. The number of phenols is 1. The number of phenolic OH excluding ortho intramolecular Hbond substituents is 1. The Bertz CT molecular complexity index is 3900. The Balaban J connectivity index is 0.000000316. The lowest BCUT2D eigenvalue weighted by atomic mass is 10.1. The third-order valence-electron chi connectivity index (χ3n) is 12.5. The molecular weight excluding hydrogens is 1400 g/mol. The van der Waals surface area contributed by atoms with Crippen molar-refractivity contribution in [2.75, 3.05) is 46.1 Å². The Hall–Kier alpha value is -13.0. The highest BCUT2D eigenvalue weighted by Gasteiger charge is 2.28. The number of hydrogen-bond donors (Lipinski definition) is 4. The third-order valence-corrected chi connectivity index (χ3v) is 12.5. The van der Waals surface area contributed by atoms with E-state index in [2.05, 4.69) is 33.2 Å². The number of esters is 2. The first-order valence-corrected chi connectivity index (χ1v) is 27.4. The molecule has 5 N–H and O–H groups in total. The van der Waals surface area contributed by atoms with Gasteiger partial charge in [0.15, 0.2) is 5.75 Å². The second-order valence-electron chi connectivity index (χ2n) is 19.0. The number of nitrogens with zero attached hydrogens (tertiary/aromatic N) is 7. The molecule has 34 nitrogen and oxygen atoms in total. The van der Waals surface area contributed by atoms with Gasteiger partial charge in [-0.2, -0.15) is 43.9 Å². The van der Waals surface area contributed by atoms with Crippen LogP contribution in [0, 0.1) is 50.6 Å². The van der Waals surface area contributed by atoms with E-state index in [-0.39, 0.29) is 51.1 Å². The third kappa shape index (κ3) is 26.2. The van der Waals surface area contributed by atoms with E-state index in [1.807, 2.05) is 0 Å². The van der Waals surface area contributed by atoms with E-state index in [0.717, 1.165) is 99.5 Å². The van der Waals surface area contributed by atoms with Crippen molar-refractivity contribution in [2.24, 2.45) is 0 Å². The summed E-state index contributed by atoms with van der Waals surface area (Å²) in [5, 5.41) is 78.7. The minimum absolute atomic E-state index is 0.0654. The number of carbonyl (C=O) groups excluding carboxylic acids is 4. The van der Waals surface area contributed by atoms with Crippen molar-refractivity contribution in [1.29, 1.82) is 0 Å². The van der Waals surface area contributed by atoms with Crippen LogP contribution in [0.2, 0.25) is 0 Å². The van der Waals surface area contributed by atoms with Crippen LogP contribution in [-0.2, 0) is 9.47 Å². The number of halogens is 10. The highest BCUT2D eigenvalue weighted by Crippen LogP contribution is 2.34. The largest absolute Gasteiger partial charge is 0.502 e. The molecule has 6 aromatic carbocycles. The Morgan fingerprint density at radius 1 is 0.386 bits per heavy atom. The molecule has 2 aliphatic heterocycles. The van der Waals surface area contributed by atoms with E-state index in [1.54, 1.807) is 9.80 Å². The van der Waals surface area contributed by atoms with Crippen LogP contribution in [-0.4, -0.2) is 159 Å². The molecule has 0 aliphatic carbocycles. The predicted molar refractivity (Wildman–Crippen MR) is 318 cm³/mol. The van der Waals surface area contributed by atoms with Crippen molar-refractivity contribution >= 4 is 69.8 Å². The Morgan fingerprint density at radius 3 is 0.901 bits per heavy atom. The van der Waals surface area contributed by atoms with Gasteiger partial charge in [-0.25, -0.2) is 19.2 Å². The van der Waals surface area contributed by atoms with Crippen molar-refractivity contribution in [1.82, 2.24) is 9.80 Å². The molecule has 0 saturated carbocycles. The number of carbonyl (C=O) groups is 6. The summed E-state index contributed by atoms with van der Waals surface area (Å²) < 4.78 is 149. The second-order valence-corrected chi connectivity index (χ2v) is 19.0. The molecule has 101 heavy (non-hydrogen) atoms. The first-order valence-electron chi connectivity index (χ1n) is 27.4. The number of anilines is 1. The summed E-state index contributed by atoms with van der Waals surface area (Å²) in [5.74, 6) is -8.32. The standard InChI is InChI=1S/C12H12F2N2O4.C12H14F2N2O2.C9H7F2NO5.2C8H5F2NO5.C8H7NO5/c13-12(14)20-10-7-8(3-4-9(10)16(18)19)11(17)15-5-1-2-6-15;13-12(14)18-10-7-8(3-4-9(10)15)11(17)16-5-1-2-6-16;1-16-8(13)5-2-3-6(12(14)15)7(4-5)17-9(10)11;2*9-8(10)16-6-3-4(7(12)13)1-2-5(6)11(14)15;1-14-8(11)5-2-3-6(9(12)13)7(10)4-5/h3-4,7,12H,1-2,5-6H2;3-4,7,12H,1-2,5-6,15H2;2-4,9H,1H3;2*1-3,8H,(H,12,13);2-4,10H,1H3. The van der Waals surface area contributed by atoms with Crippen molar-refractivity contribution in [2.45, 2.75) is 58.7 Å². The number of methoxy groups -OCH3 is 2. The molecule has 2 saturated heterocycles. The van der Waals surface area contributed by atoms with E-state index >= 15 is 0 Å². The van der Waals surface area contributed by atoms with Gasteiger partial charge < -0.3 is 64.0 Å². The van der Waals surface area contributed by atoms with Gasteiger partial charge in [-0.3, -0.25) is 60.2 Å². The van der Waals surface area contributed by atoms with Gasteiger partial charge in [-0.05, 0) is 74.2 Å². The number of carboxylic acids is 2. The second kappa shape index (κ2) is 39.3. The fourth-order valence-corrected chi connectivity index (χ4v) is 8.06. The number of benzene rings is 6. The monoisotopic (exact) mass is 1450 g/mol. The smallest absolute Gasteiger partial charge is 0.387 e. The van der Waals surface area contributed by atoms with Gasteiger partial charge >= 0.3 is 85.4 Å². The first kappa shape index (κ1) is 82.3. The van der Waals surface area contributed by atoms with Crippen LogP contribution >= 0.6 is 0 Å². The molecule has 44 heteroatoms. The molecule has 0 bridgehead atoms. The molecule has 0 radical (unpaired) electrons. The zero-order chi connectivity index (χ0) is 76.1. The highest BCUT2D eigenvalue weighted by molar-refractivity contribution is 5.96. The Morgan fingerprint density at radius 2 is 0.624 bits per heavy atom. The summed E-state index contributed by atoms with van der Waals surface area (Å²) in [7, 11) is 2.28. The highest BCUT2D eigenvalue weighted by atomic mass is 19.3. The van der Waals surface area contributed by atoms with Gasteiger partial charge in [0.05, 0.1) is 66.8 Å². The molecule has 8 rings (SSSR count). The number of hydrogen-bond acceptors (Lipinski definition) is 25. The number of aromatic hydroxyl groups is 1. The zero-order valence-electron chi connectivity index (χ0n) is 51.2. The van der Waals surface area contributed by atoms with Crippen LogP contribution in [0.5, 0.6) is 34.5 Å². The number of nitro groups is 5. The summed E-state index contributed by atoms with van der Waals surface area (Å²) in [6.45, 7) is -13.3. The fourth-order valence-electron chi connectivity index (χ4n) is 8.06. The number of alkyl halides is 10. The molecular formula is C57H50F10N8O26. The minimum atomic E-state index is -3.26. The van der Waals surface area contributed by atoms with Crippen LogP contribution in [0.15, 0.2) is 109 Å². The summed E-state index contributed by atoms with van der Waals surface area (Å²) in [4.78, 5) is 118. The number of rotatable bonds is 21. The van der Waals surface area contributed by atoms with E-state index in [9.17, 15) is 123 Å². The summed E-state index contributed by atoms with van der Waals surface area (Å²) in [6.07, 6.45) is 3.72. The fraction of sp³-hybridized carbons (Fsp3) is 0.263. The number of nitrogen functional groups attached to an aromatic ring is 1. The zero-order valence-corrected chi connectivity index (χ0v) is 51.2. The maximum atomic E-state index is 12.3. The lowest BCUT2D eigenvalue weighted by Crippen LogP contribution is -2.27. The lowest BCUT2D eigenvalue weighted by molar-refractivity contribution is -0.386. The van der Waals surface area contributed by atoms with Crippen LogP contribution in [0.1, 0.15) is 87.8 Å². The summed E-state index contributed by atoms with van der Waals surface area (Å²) in [6, 6.07) is 18.3. The first-order chi connectivity index (χ1) is 47.4. The predicted octanol–water partition coefficient (Wildman–Crippen LogP) is 11.4. The molecule has 0 unspecified atom stereocenters. The minimum Gasteiger partial charge on any atom is -0.502 e. The molecule has 0 aromatic heterocycles. The maximum absolute atomic E-state index is 12.3. The van der Waals surface area contributed by atoms with Gasteiger partial charge in [-0.15, -0.1) is 0 Å². The van der Waals surface area contributed by atoms with E-state index in [1.165, 1.54) is 37.4 Å². The molecule has 0 atom stereocenters. The normalized spacial score (nSPS) is 11.9. The molecule has 2 amide bonds. The number of likely N-dealkylation sites (tertiary alicyclic amines) is 2. The number of aromatic carboxylic acids is 2. The average molecular weight is 1450 g/mol. The van der Waals surface area contributed by atoms with E-state index < -0.39 is 139 Å². The van der Waals surface area contributed by atoms with Crippen LogP contribution < -0.4 is 29.4 Å². The molecule has 544 valence electrons. The lowest BCUT2D eigenvalue weighted by Gasteiger charge is -2.16. The molecule has 2 fully saturated rings. The Labute approximate surface area is 556 Å². The van der Waals surface area contributed by atoms with Crippen LogP contribution in [0.3, 0.4) is 0 Å². The van der Waals surface area contributed by atoms with Gasteiger partial charge in [-0.1, -0.05) is 0 Å². The summed E-state index contributed by atoms with van der Waals surface area (Å²) >= 11 is 0. The molecule has 2 aliphatic rings. The van der Waals surface area contributed by atoms with Gasteiger partial charge in [0.1, 0.15) is 5.75 Å². The van der Waals surface area contributed by atoms with E-state index in [4.69, 9.17) is 21.1 Å². The number of nitrogens with two attached hydrogens (primary N) is 1. The van der Waals surface area contributed by atoms with Gasteiger partial charge in [0.25, 0.3) is 11.8 Å². The molecule has 0 spiro atoms. The van der Waals surface area contributed by atoms with Crippen LogP contribution in [0.4, 0.5) is 78.0 Å². The molecule has 6 aromatic rings. The van der Waals surface area contributed by atoms with Crippen molar-refractivity contribution in [3.63, 3.8) is 0 Å². The number of amides is 2. The van der Waals surface area contributed by atoms with Crippen molar-refractivity contribution < 1.29 is 146 Å². The number of carboxylic acid groups (broad SMARTS) is 2. The van der Waals surface area contributed by atoms with Gasteiger partial charge in [0.2, 0.25) is 23.0 Å². The SMILES string of the molecule is COC(=O)c1ccc([N+](=O)[O-])c(O)c1.COC(=O)c1ccc([N+](=O)[O-])c(OC(F)F)c1.Nc1ccc(C(=O)N2CCCC2)cc1OC(F)F.O=C(O)c1ccc([N+](=O)[O-])c(OC(F)F)c1.O=C(O)c1ccc([N+](=O)[O-])c(OC(F)F)c1.O=C(c1ccc([N+](=O)[O-])c(OC(F)F)c1)N1CCCC1. The van der Waals surface area contributed by atoms with Crippen molar-refractivity contribution in [3.8, 4) is 34.5 Å². The molecule has 2 heterocycles. The quantitative estimate of drug-likeness (QED) is 0.0171. The maximum Gasteiger partial charge on any atom is 0.387 e. The average Bonchev–Trinajstić information content (AvgIpc) is 1.70. The summed E-state index contributed by atoms with van der Waals surface area (Å²) in [5.41, 5.74) is 2.10. The van der Waals surface area contributed by atoms with E-state index in [0.29, 0.717) is 43.9 Å². The number of nitro benzene ring substituents is 5. The van der Waals surface area contributed by atoms with Crippen molar-refractivity contribution in [3.05, 3.63) is 193 Å². The van der Waals surface area contributed by atoms with Crippen LogP contribution in [0.25, 0.3) is 0 Å². The van der Waals surface area contributed by atoms with Gasteiger partial charge in [0, 0.05) is 98.0 Å². The number of ether oxygens (including phenoxy) is 7.